The van der Waals surface area contributed by atoms with E-state index in [1.807, 2.05) is 0 Å². The number of ether oxygens (including phenoxy) is 1. The molecule has 0 aliphatic rings. The second-order valence-corrected chi connectivity index (χ2v) is 8.04. The SMILES string of the molecule is O=C(N/N=C\c1cc(Br)ccc1OC(=O)c1ccccc1Cl)c1ccc(Cl)cc1Cl. The minimum atomic E-state index is -0.616. The maximum Gasteiger partial charge on any atom is 0.345 e. The lowest BCUT2D eigenvalue weighted by molar-refractivity contribution is 0.0734. The molecule has 0 aromatic heterocycles. The summed E-state index contributed by atoms with van der Waals surface area (Å²) < 4.78 is 6.19. The highest BCUT2D eigenvalue weighted by molar-refractivity contribution is 9.10. The third-order valence-corrected chi connectivity index (χ3v) is 5.18. The lowest BCUT2D eigenvalue weighted by Crippen LogP contribution is -2.18. The topological polar surface area (TPSA) is 67.8 Å². The first-order valence-corrected chi connectivity index (χ1v) is 10.3. The fraction of sp³-hybridized carbons (Fsp3) is 0. The summed E-state index contributed by atoms with van der Waals surface area (Å²) in [6.45, 7) is 0. The fourth-order valence-corrected chi connectivity index (χ4v) is 3.48. The molecule has 152 valence electrons. The fourth-order valence-electron chi connectivity index (χ4n) is 2.39. The molecule has 30 heavy (non-hydrogen) atoms. The third kappa shape index (κ3) is 5.61. The number of carbonyl (C=O) groups is 2. The van der Waals surface area contributed by atoms with Gasteiger partial charge in [0.05, 0.1) is 27.4 Å². The number of nitrogens with one attached hydrogen (secondary N) is 1. The molecule has 0 saturated heterocycles. The van der Waals surface area contributed by atoms with Crippen molar-refractivity contribution in [3.63, 3.8) is 0 Å². The average molecular weight is 527 g/mol. The van der Waals surface area contributed by atoms with Crippen LogP contribution < -0.4 is 10.2 Å². The predicted molar refractivity (Wildman–Crippen MR) is 122 cm³/mol. The summed E-state index contributed by atoms with van der Waals surface area (Å²) in [5.74, 6) is -0.891. The Morgan fingerprint density at radius 1 is 0.933 bits per heavy atom. The Bertz CT molecular complexity index is 1150. The van der Waals surface area contributed by atoms with E-state index in [1.165, 1.54) is 18.3 Å². The van der Waals surface area contributed by atoms with Crippen LogP contribution >= 0.6 is 50.7 Å². The van der Waals surface area contributed by atoms with Crippen molar-refractivity contribution < 1.29 is 14.3 Å². The maximum atomic E-state index is 12.4. The zero-order valence-corrected chi connectivity index (χ0v) is 18.9. The summed E-state index contributed by atoms with van der Waals surface area (Å²) >= 11 is 21.3. The Morgan fingerprint density at radius 3 is 2.43 bits per heavy atom. The van der Waals surface area contributed by atoms with Crippen molar-refractivity contribution >= 4 is 68.8 Å². The molecule has 0 aliphatic heterocycles. The van der Waals surface area contributed by atoms with E-state index in [2.05, 4.69) is 26.5 Å². The van der Waals surface area contributed by atoms with E-state index in [1.54, 1.807) is 48.5 Å². The Kier molecular flexibility index (Phi) is 7.50. The molecule has 0 radical (unpaired) electrons. The lowest BCUT2D eigenvalue weighted by atomic mass is 10.2. The molecule has 0 atom stereocenters. The normalized spacial score (nSPS) is 10.8. The molecule has 0 heterocycles. The molecule has 0 unspecified atom stereocenters. The van der Waals surface area contributed by atoms with Crippen LogP contribution in [0.4, 0.5) is 0 Å². The van der Waals surface area contributed by atoms with Gasteiger partial charge in [-0.2, -0.15) is 5.10 Å². The smallest absolute Gasteiger partial charge is 0.345 e. The van der Waals surface area contributed by atoms with Crippen LogP contribution in [-0.2, 0) is 0 Å². The summed E-state index contributed by atoms with van der Waals surface area (Å²) in [5.41, 5.74) is 3.28. The van der Waals surface area contributed by atoms with Crippen LogP contribution in [0, 0.1) is 0 Å². The van der Waals surface area contributed by atoms with Crippen LogP contribution in [0.5, 0.6) is 5.75 Å². The Morgan fingerprint density at radius 2 is 1.70 bits per heavy atom. The standard InChI is InChI=1S/C21H12BrCl3N2O3/c22-13-5-8-19(30-21(29)16-3-1-2-4-17(16)24)12(9-13)11-26-27-20(28)15-7-6-14(23)10-18(15)25/h1-11H,(H,27,28)/b26-11-. The molecule has 3 rings (SSSR count). The highest BCUT2D eigenvalue weighted by atomic mass is 79.9. The van der Waals surface area contributed by atoms with Crippen LogP contribution in [0.3, 0.4) is 0 Å². The quantitative estimate of drug-likeness (QED) is 0.181. The highest BCUT2D eigenvalue weighted by Gasteiger charge is 2.15. The van der Waals surface area contributed by atoms with Crippen LogP contribution in [-0.4, -0.2) is 18.1 Å². The third-order valence-electron chi connectivity index (χ3n) is 3.81. The monoisotopic (exact) mass is 524 g/mol. The number of hydrazone groups is 1. The number of carbonyl (C=O) groups excluding carboxylic acids is 2. The number of amides is 1. The first-order valence-electron chi connectivity index (χ1n) is 8.40. The zero-order valence-electron chi connectivity index (χ0n) is 15.0. The van der Waals surface area contributed by atoms with Gasteiger partial charge in [-0.15, -0.1) is 0 Å². The molecule has 1 amide bonds. The van der Waals surface area contributed by atoms with Crippen molar-refractivity contribution in [2.75, 3.05) is 0 Å². The highest BCUT2D eigenvalue weighted by Crippen LogP contribution is 2.25. The van der Waals surface area contributed by atoms with Crippen LogP contribution in [0.1, 0.15) is 26.3 Å². The Balaban J connectivity index is 1.77. The largest absolute Gasteiger partial charge is 0.422 e. The van der Waals surface area contributed by atoms with Crippen molar-refractivity contribution in [1.82, 2.24) is 5.43 Å². The van der Waals surface area contributed by atoms with Crippen LogP contribution in [0.2, 0.25) is 15.1 Å². The molecule has 3 aromatic carbocycles. The van der Waals surface area contributed by atoms with Crippen LogP contribution in [0.25, 0.3) is 0 Å². The summed E-state index contributed by atoms with van der Waals surface area (Å²) in [6, 6.07) is 16.0. The van der Waals surface area contributed by atoms with Gasteiger partial charge in [-0.1, -0.05) is 62.9 Å². The Labute approximate surface area is 195 Å². The van der Waals surface area contributed by atoms with Gasteiger partial charge in [0.25, 0.3) is 5.91 Å². The van der Waals surface area contributed by atoms with E-state index in [4.69, 9.17) is 39.5 Å². The van der Waals surface area contributed by atoms with Crippen molar-refractivity contribution in [1.29, 1.82) is 0 Å². The van der Waals surface area contributed by atoms with E-state index in [-0.39, 0.29) is 26.9 Å². The Hall–Kier alpha value is -2.38. The molecule has 0 spiro atoms. The van der Waals surface area contributed by atoms with E-state index in [9.17, 15) is 9.59 Å². The number of hydrogen-bond acceptors (Lipinski definition) is 4. The molecule has 5 nitrogen and oxygen atoms in total. The summed E-state index contributed by atoms with van der Waals surface area (Å²) in [4.78, 5) is 24.7. The van der Waals surface area contributed by atoms with Gasteiger partial charge in [0.15, 0.2) is 0 Å². The predicted octanol–water partition coefficient (Wildman–Crippen LogP) is 6.39. The van der Waals surface area contributed by atoms with Gasteiger partial charge < -0.3 is 4.74 Å². The van der Waals surface area contributed by atoms with Gasteiger partial charge in [0.2, 0.25) is 0 Å². The lowest BCUT2D eigenvalue weighted by Gasteiger charge is -2.09. The summed E-state index contributed by atoms with van der Waals surface area (Å²) in [5, 5.41) is 4.82. The van der Waals surface area contributed by atoms with Gasteiger partial charge in [0, 0.05) is 15.1 Å². The number of nitrogens with zero attached hydrogens (tertiary/aromatic N) is 1. The van der Waals surface area contributed by atoms with Crippen molar-refractivity contribution in [2.24, 2.45) is 5.10 Å². The van der Waals surface area contributed by atoms with Gasteiger partial charge >= 0.3 is 5.97 Å². The van der Waals surface area contributed by atoms with Gasteiger partial charge in [-0.3, -0.25) is 4.79 Å². The summed E-state index contributed by atoms with van der Waals surface area (Å²) in [6.07, 6.45) is 1.35. The molecule has 0 bridgehead atoms. The summed E-state index contributed by atoms with van der Waals surface area (Å²) in [7, 11) is 0. The molecule has 3 aromatic rings. The van der Waals surface area contributed by atoms with Crippen molar-refractivity contribution in [3.8, 4) is 5.75 Å². The number of hydrogen-bond donors (Lipinski definition) is 1. The molecule has 0 aliphatic carbocycles. The van der Waals surface area contributed by atoms with Gasteiger partial charge in [-0.05, 0) is 48.5 Å². The van der Waals surface area contributed by atoms with E-state index < -0.39 is 11.9 Å². The van der Waals surface area contributed by atoms with Gasteiger partial charge in [0.1, 0.15) is 5.75 Å². The van der Waals surface area contributed by atoms with Gasteiger partial charge in [-0.25, -0.2) is 10.2 Å². The second-order valence-electron chi connectivity index (χ2n) is 5.87. The minimum Gasteiger partial charge on any atom is -0.422 e. The number of benzene rings is 3. The minimum absolute atomic E-state index is 0.201. The molecule has 0 saturated carbocycles. The zero-order chi connectivity index (χ0) is 21.7. The van der Waals surface area contributed by atoms with E-state index in [0.717, 1.165) is 4.47 Å². The van der Waals surface area contributed by atoms with Crippen molar-refractivity contribution in [3.05, 3.63) is 96.9 Å². The number of esters is 1. The molecule has 9 heteroatoms. The first kappa shape index (κ1) is 22.3. The van der Waals surface area contributed by atoms with Crippen LogP contribution in [0.15, 0.2) is 70.2 Å². The number of rotatable bonds is 5. The van der Waals surface area contributed by atoms with Crippen molar-refractivity contribution in [2.45, 2.75) is 0 Å². The molecule has 1 N–H and O–H groups in total. The number of halogens is 4. The van der Waals surface area contributed by atoms with E-state index in [0.29, 0.717) is 10.6 Å². The molecular weight excluding hydrogens is 515 g/mol. The average Bonchev–Trinajstić information content (AvgIpc) is 2.70. The van der Waals surface area contributed by atoms with E-state index >= 15 is 0 Å². The first-order chi connectivity index (χ1) is 14.3. The second kappa shape index (κ2) is 10.1. The maximum absolute atomic E-state index is 12.4. The molecule has 0 fully saturated rings. The molecular formula is C21H12BrCl3N2O3.